The number of hydrogen-bond donors (Lipinski definition) is 0. The first-order valence-corrected chi connectivity index (χ1v) is 27.0. The van der Waals surface area contributed by atoms with Crippen molar-refractivity contribution in [3.8, 4) is 11.8 Å². The Balaban J connectivity index is 2.19. The summed E-state index contributed by atoms with van der Waals surface area (Å²) in [4.78, 5) is 0. The largest absolute Gasteiger partial charge is 0.256 e. The average Bonchev–Trinajstić information content (AvgIpc) is 3.12. The van der Waals surface area contributed by atoms with Gasteiger partial charge in [-0.25, -0.2) is 0 Å². The highest BCUT2D eigenvalue weighted by Crippen LogP contribution is 3.02. The molecule has 1 aliphatic heterocycles. The van der Waals surface area contributed by atoms with Gasteiger partial charge in [-0.15, -0.1) is 0 Å². The van der Waals surface area contributed by atoms with Crippen LogP contribution in [0.1, 0.15) is 183 Å². The van der Waals surface area contributed by atoms with Crippen molar-refractivity contribution in [3.05, 3.63) is 135 Å². The fourth-order valence-corrected chi connectivity index (χ4v) is 21.9. The van der Waals surface area contributed by atoms with E-state index in [1.807, 2.05) is 0 Å². The molecule has 1 heterocycles. The highest BCUT2D eigenvalue weighted by atomic mass is 32.1. The minimum absolute atomic E-state index is 0.0106. The Hall–Kier alpha value is -3.36. The first-order chi connectivity index (χ1) is 27.4. The van der Waals surface area contributed by atoms with E-state index in [9.17, 15) is 0 Å². The molecule has 4 aromatic carbocycles. The molecule has 1 aliphatic rings. The highest BCUT2D eigenvalue weighted by molar-refractivity contribution is 8.47. The van der Waals surface area contributed by atoms with E-state index in [4.69, 9.17) is 9.49 Å². The Labute approximate surface area is 367 Å². The highest BCUT2D eigenvalue weighted by Gasteiger charge is 2.54. The number of rotatable bonds is 5. The third-order valence-corrected chi connectivity index (χ3v) is 25.3. The van der Waals surface area contributed by atoms with E-state index < -0.39 is 13.5 Å². The van der Waals surface area contributed by atoms with E-state index >= 15 is 0 Å². The van der Waals surface area contributed by atoms with Gasteiger partial charge in [0.1, 0.15) is 0 Å². The van der Waals surface area contributed by atoms with Crippen LogP contribution in [0.4, 0.5) is 11.4 Å². The molecule has 0 saturated carbocycles. The van der Waals surface area contributed by atoms with Gasteiger partial charge in [0.15, 0.2) is 0 Å². The third-order valence-electron chi connectivity index (χ3n) is 12.2. The standard InChI is InChI=1S/C56H78N2P2/c1-21-59(57-48-43(53(9,10)11)35-41(51(3,4)5)36-44(48)54(12,13)14)47(34-33-39-29-25-23-26-30-39)50(40-31-27-24-28-32-40)60(59,22-2)58-49-45(55(15,16)17)37-42(52(6,7)8)38-46(49)56(18,19)20/h23-32,35-38H,21-22H2,1-20H3. The van der Waals surface area contributed by atoms with Gasteiger partial charge in [-0.2, -0.15) is 0 Å². The van der Waals surface area contributed by atoms with Crippen LogP contribution in [0, 0.1) is 11.8 Å². The van der Waals surface area contributed by atoms with Crippen LogP contribution in [0.25, 0.3) is 5.31 Å². The molecule has 0 aliphatic carbocycles. The van der Waals surface area contributed by atoms with E-state index in [1.54, 1.807) is 0 Å². The molecule has 0 N–H and O–H groups in total. The van der Waals surface area contributed by atoms with Gasteiger partial charge in [-0.1, -0.05) is 223 Å². The van der Waals surface area contributed by atoms with E-state index in [0.29, 0.717) is 0 Å². The molecule has 5 rings (SSSR count). The van der Waals surface area contributed by atoms with Gasteiger partial charge in [0, 0.05) is 17.6 Å². The summed E-state index contributed by atoms with van der Waals surface area (Å²) in [6.07, 6.45) is 1.82. The lowest BCUT2D eigenvalue weighted by Crippen LogP contribution is -2.22. The summed E-state index contributed by atoms with van der Waals surface area (Å²) in [6, 6.07) is 31.6. The maximum absolute atomic E-state index is 6.54. The molecular formula is C56H78N2P2. The maximum atomic E-state index is 6.54. The third kappa shape index (κ3) is 9.21. The van der Waals surface area contributed by atoms with Gasteiger partial charge >= 0.3 is 0 Å². The monoisotopic (exact) mass is 841 g/mol. The molecule has 4 aromatic rings. The van der Waals surface area contributed by atoms with Crippen molar-refractivity contribution in [2.75, 3.05) is 12.3 Å². The van der Waals surface area contributed by atoms with Crippen LogP contribution in [-0.4, -0.2) is 12.3 Å². The van der Waals surface area contributed by atoms with Gasteiger partial charge in [0.2, 0.25) is 0 Å². The quantitative estimate of drug-likeness (QED) is 0.141. The van der Waals surface area contributed by atoms with Crippen LogP contribution in [-0.2, 0) is 32.5 Å². The molecule has 0 aromatic heterocycles. The average molecular weight is 841 g/mol. The lowest BCUT2D eigenvalue weighted by Gasteiger charge is -2.49. The molecule has 2 unspecified atom stereocenters. The van der Waals surface area contributed by atoms with Crippen molar-refractivity contribution in [1.29, 1.82) is 0 Å². The van der Waals surface area contributed by atoms with Gasteiger partial charge in [-0.05, 0) is 95.9 Å². The van der Waals surface area contributed by atoms with Crippen molar-refractivity contribution >= 4 is 30.2 Å². The molecule has 0 saturated heterocycles. The predicted molar refractivity (Wildman–Crippen MR) is 271 cm³/mol. The van der Waals surface area contributed by atoms with E-state index in [2.05, 4.69) is 235 Å². The Bertz CT molecular complexity index is 2370. The Morgan fingerprint density at radius 1 is 0.417 bits per heavy atom. The lowest BCUT2D eigenvalue weighted by molar-refractivity contribution is 0.549. The van der Waals surface area contributed by atoms with Crippen LogP contribution < -0.4 is 0 Å². The second kappa shape index (κ2) is 16.4. The number of benzene rings is 4. The predicted octanol–water partition coefficient (Wildman–Crippen LogP) is 18.2. The molecule has 2 nitrogen and oxygen atoms in total. The second-order valence-corrected chi connectivity index (χ2v) is 32.8. The summed E-state index contributed by atoms with van der Waals surface area (Å²) < 4.78 is 13.0. The molecule has 4 heteroatoms. The van der Waals surface area contributed by atoms with Crippen molar-refractivity contribution in [1.82, 2.24) is 0 Å². The fraction of sp³-hybridized carbons (Fsp3) is 0.500. The number of allylic oxidation sites excluding steroid dienone is 1. The number of nitrogens with zero attached hydrogens (tertiary/aromatic N) is 2. The normalized spacial score (nSPS) is 19.1. The molecule has 0 radical (unpaired) electrons. The summed E-state index contributed by atoms with van der Waals surface area (Å²) in [5.74, 6) is 7.64. The summed E-state index contributed by atoms with van der Waals surface area (Å²) in [7, 11) is 0. The first-order valence-electron chi connectivity index (χ1n) is 22.4. The maximum Gasteiger partial charge on any atom is 0.0697 e. The zero-order valence-corrected chi connectivity index (χ0v) is 43.1. The Kier molecular flexibility index (Phi) is 13.0. The molecule has 2 atom stereocenters. The minimum Gasteiger partial charge on any atom is -0.256 e. The van der Waals surface area contributed by atoms with Crippen LogP contribution in [0.2, 0.25) is 0 Å². The molecule has 0 fully saturated rings. The summed E-state index contributed by atoms with van der Waals surface area (Å²) in [5, 5.41) is 2.59. The van der Waals surface area contributed by atoms with Crippen molar-refractivity contribution in [2.45, 2.75) is 171 Å². The van der Waals surface area contributed by atoms with Gasteiger partial charge < -0.3 is 0 Å². The summed E-state index contributed by atoms with van der Waals surface area (Å²) in [6.45, 7) is 42.3. The van der Waals surface area contributed by atoms with Crippen LogP contribution in [0.5, 0.6) is 0 Å². The minimum atomic E-state index is -2.51. The number of hydrogen-bond acceptors (Lipinski definition) is 2. The molecule has 0 amide bonds. The zero-order valence-electron chi connectivity index (χ0n) is 41.3. The van der Waals surface area contributed by atoms with Crippen LogP contribution >= 0.6 is 13.5 Å². The Morgan fingerprint density at radius 3 is 1.07 bits per heavy atom. The van der Waals surface area contributed by atoms with Crippen molar-refractivity contribution in [3.63, 3.8) is 0 Å². The molecule has 0 bridgehead atoms. The van der Waals surface area contributed by atoms with E-state index in [-0.39, 0.29) is 32.5 Å². The van der Waals surface area contributed by atoms with Crippen molar-refractivity contribution < 1.29 is 0 Å². The van der Waals surface area contributed by atoms with E-state index in [1.165, 1.54) is 60.9 Å². The van der Waals surface area contributed by atoms with Gasteiger partial charge in [0.05, 0.1) is 23.4 Å². The molecular weight excluding hydrogens is 763 g/mol. The SMILES string of the molecule is CCP1(=Nc2c(C(C)(C)C)cc(C(C)(C)C)cc2C(C)(C)C)C(C#Cc2ccccc2)=C(c2ccccc2)P1(CC)=Nc1c(C(C)(C)C)cc(C(C)(C)C)cc1C(C)(C)C. The molecule has 0 spiro atoms. The zero-order chi connectivity index (χ0) is 45.1. The topological polar surface area (TPSA) is 24.7 Å². The smallest absolute Gasteiger partial charge is 0.0697 e. The summed E-state index contributed by atoms with van der Waals surface area (Å²) >= 11 is 0. The lowest BCUT2D eigenvalue weighted by atomic mass is 9.74. The first kappa shape index (κ1) is 47.7. The van der Waals surface area contributed by atoms with E-state index in [0.717, 1.165) is 17.9 Å². The summed E-state index contributed by atoms with van der Waals surface area (Å²) in [5.41, 5.74) is 12.1. The van der Waals surface area contributed by atoms with Gasteiger partial charge in [-0.3, -0.25) is 9.49 Å². The molecule has 60 heavy (non-hydrogen) atoms. The van der Waals surface area contributed by atoms with Crippen molar-refractivity contribution in [2.24, 2.45) is 9.49 Å². The fourth-order valence-electron chi connectivity index (χ4n) is 8.51. The van der Waals surface area contributed by atoms with Crippen LogP contribution in [0.3, 0.4) is 0 Å². The van der Waals surface area contributed by atoms with Crippen LogP contribution in [0.15, 0.2) is 99.7 Å². The second-order valence-electron chi connectivity index (χ2n) is 23.3. The van der Waals surface area contributed by atoms with Gasteiger partial charge in [0.25, 0.3) is 0 Å². The Morgan fingerprint density at radius 2 is 0.750 bits per heavy atom. The molecule has 322 valence electrons.